The number of benzene rings is 1. The van der Waals surface area contributed by atoms with Gasteiger partial charge in [0, 0.05) is 23.4 Å². The largest absolute Gasteiger partial charge is 0.485 e. The molecule has 0 spiro atoms. The Kier molecular flexibility index (Phi) is 10.8. The van der Waals surface area contributed by atoms with Gasteiger partial charge in [0.2, 0.25) is 10.0 Å². The number of carbonyl (C=O) groups is 1. The molecule has 1 aromatic heterocycles. The van der Waals surface area contributed by atoms with Crippen molar-refractivity contribution in [3.8, 4) is 5.75 Å². The van der Waals surface area contributed by atoms with Crippen molar-refractivity contribution >= 4 is 45.1 Å². The van der Waals surface area contributed by atoms with Crippen molar-refractivity contribution in [3.05, 3.63) is 76.8 Å². The van der Waals surface area contributed by atoms with Gasteiger partial charge in [-0.1, -0.05) is 37.2 Å². The Balaban J connectivity index is 1.65. The molecule has 10 heteroatoms. The van der Waals surface area contributed by atoms with Gasteiger partial charge in [0.25, 0.3) is 5.91 Å². The van der Waals surface area contributed by atoms with Gasteiger partial charge in [0.1, 0.15) is 12.3 Å². The van der Waals surface area contributed by atoms with Crippen LogP contribution in [0.3, 0.4) is 0 Å². The Hall–Kier alpha value is -2.49. The molecule has 0 radical (unpaired) electrons. The molecule has 4 atom stereocenters. The third-order valence-corrected chi connectivity index (χ3v) is 11.5. The maximum absolute atomic E-state index is 13.2. The lowest BCUT2D eigenvalue weighted by molar-refractivity contribution is 0.0976. The molecule has 0 bridgehead atoms. The van der Waals surface area contributed by atoms with Gasteiger partial charge in [-0.05, 0) is 98.1 Å². The Morgan fingerprint density at radius 3 is 2.73 bits per heavy atom. The zero-order chi connectivity index (χ0) is 29.6. The van der Waals surface area contributed by atoms with E-state index in [4.69, 9.17) is 21.3 Å². The summed E-state index contributed by atoms with van der Waals surface area (Å²) in [5.74, 6) is 0.646. The summed E-state index contributed by atoms with van der Waals surface area (Å²) >= 11 is 8.06. The fourth-order valence-electron chi connectivity index (χ4n) is 5.29. The molecular weight excluding hydrogens is 578 g/mol. The minimum atomic E-state index is -3.91. The van der Waals surface area contributed by atoms with Crippen LogP contribution in [0.25, 0.3) is 0 Å². The van der Waals surface area contributed by atoms with Crippen molar-refractivity contribution in [1.82, 2.24) is 9.71 Å². The summed E-state index contributed by atoms with van der Waals surface area (Å²) in [6.07, 6.45) is 7.25. The number of hydrogen-bond donors (Lipinski definition) is 1. The van der Waals surface area contributed by atoms with Crippen LogP contribution in [-0.2, 0) is 23.1 Å². The summed E-state index contributed by atoms with van der Waals surface area (Å²) < 4.78 is 34.6. The number of hydrogen-bond acceptors (Lipinski definition) is 7. The van der Waals surface area contributed by atoms with Crippen molar-refractivity contribution in [1.29, 1.82) is 0 Å². The molecule has 222 valence electrons. The average Bonchev–Trinajstić information content (AvgIpc) is 2.96. The Morgan fingerprint density at radius 2 is 2.02 bits per heavy atom. The summed E-state index contributed by atoms with van der Waals surface area (Å²) in [6.45, 7) is 12.9. The number of carbonyl (C=O) groups excluding carboxylic acids is 1. The van der Waals surface area contributed by atoms with Gasteiger partial charge in [-0.2, -0.15) is 0 Å². The van der Waals surface area contributed by atoms with Crippen molar-refractivity contribution in [2.75, 3.05) is 18.0 Å². The first-order valence-corrected chi connectivity index (χ1v) is 17.1. The molecule has 1 amide bonds. The number of thioether (sulfide) groups is 1. The lowest BCUT2D eigenvalue weighted by Crippen LogP contribution is -2.41. The maximum Gasteiger partial charge on any atom is 0.283 e. The Bertz CT molecular complexity index is 1370. The first kappa shape index (κ1) is 31.4. The molecule has 0 unspecified atom stereocenters. The van der Waals surface area contributed by atoms with Gasteiger partial charge in [0.05, 0.1) is 5.25 Å². The number of aromatic nitrogens is 1. The molecule has 1 aliphatic heterocycles. The van der Waals surface area contributed by atoms with E-state index in [0.29, 0.717) is 40.8 Å². The van der Waals surface area contributed by atoms with Crippen LogP contribution in [0.15, 0.2) is 55.0 Å². The predicted octanol–water partition coefficient (Wildman–Crippen LogP) is 6.77. The quantitative estimate of drug-likeness (QED) is 0.294. The number of nitrogens with one attached hydrogen (secondary N) is 1. The van der Waals surface area contributed by atoms with E-state index in [0.717, 1.165) is 50.8 Å². The van der Waals surface area contributed by atoms with Crippen LogP contribution >= 0.6 is 23.4 Å². The van der Waals surface area contributed by atoms with Crippen molar-refractivity contribution < 1.29 is 17.9 Å². The van der Waals surface area contributed by atoms with E-state index in [2.05, 4.69) is 22.8 Å². The van der Waals surface area contributed by atoms with E-state index in [1.165, 1.54) is 11.6 Å². The Labute approximate surface area is 253 Å². The summed E-state index contributed by atoms with van der Waals surface area (Å²) in [5, 5.41) is 2.34. The number of sulfonamides is 1. The second-order valence-electron chi connectivity index (χ2n) is 11.0. The van der Waals surface area contributed by atoms with E-state index in [-0.39, 0.29) is 11.6 Å². The lowest BCUT2D eigenvalue weighted by Gasteiger charge is -2.39. The zero-order valence-electron chi connectivity index (χ0n) is 23.9. The lowest BCUT2D eigenvalue weighted by atomic mass is 9.84. The van der Waals surface area contributed by atoms with E-state index in [1.807, 2.05) is 30.5 Å². The molecule has 1 fully saturated rings. The highest BCUT2D eigenvalue weighted by molar-refractivity contribution is 8.02. The predicted molar refractivity (Wildman–Crippen MR) is 169 cm³/mol. The number of nitrogens with zero attached hydrogens (tertiary/aromatic N) is 2. The number of halogens is 1. The van der Waals surface area contributed by atoms with Gasteiger partial charge in [-0.15, -0.1) is 18.3 Å². The third-order valence-electron chi connectivity index (χ3n) is 8.18. The van der Waals surface area contributed by atoms with Crippen LogP contribution in [0.4, 0.5) is 5.82 Å². The second-order valence-corrected chi connectivity index (χ2v) is 14.7. The molecular formula is C31H40ClN3O4S2. The van der Waals surface area contributed by atoms with Crippen molar-refractivity contribution in [2.45, 2.75) is 69.5 Å². The maximum atomic E-state index is 13.2. The molecule has 2 aromatic rings. The van der Waals surface area contributed by atoms with E-state index < -0.39 is 21.2 Å². The standard InChI is InChI=1S/C31H40ClN3O4S2/c1-5-9-21(3)22(4)41(37,38)34-31(36)27-14-15-28-30(33-27)35(19-24-12-16-29(24)40-6-2)17-8-7-10-23-18-26(32)13-11-25(23)20-39-28/h5-6,11,13-15,18,21-22,24,29H,1-2,7-10,12,16-17,19-20H2,3-4H3,(H,34,36)/t21-,22+,24-,29+/m0/s1. The van der Waals surface area contributed by atoms with E-state index >= 15 is 0 Å². The van der Waals surface area contributed by atoms with Crippen molar-refractivity contribution in [2.24, 2.45) is 11.8 Å². The molecule has 41 heavy (non-hydrogen) atoms. The third kappa shape index (κ3) is 7.87. The van der Waals surface area contributed by atoms with Gasteiger partial charge >= 0.3 is 0 Å². The summed E-state index contributed by atoms with van der Waals surface area (Å²) in [4.78, 5) is 20.2. The fourth-order valence-corrected chi connectivity index (χ4v) is 7.72. The normalized spacial score (nSPS) is 20.6. The number of aryl methyl sites for hydroxylation is 1. The first-order chi connectivity index (χ1) is 19.6. The summed E-state index contributed by atoms with van der Waals surface area (Å²) in [6, 6.07) is 9.12. The number of amides is 1. The minimum absolute atomic E-state index is 0.0391. The molecule has 7 nitrogen and oxygen atoms in total. The first-order valence-electron chi connectivity index (χ1n) is 14.2. The molecule has 1 aromatic carbocycles. The van der Waals surface area contributed by atoms with Crippen LogP contribution in [0.5, 0.6) is 5.75 Å². The molecule has 2 aliphatic rings. The molecule has 1 N–H and O–H groups in total. The van der Waals surface area contributed by atoms with Crippen LogP contribution in [0.1, 0.15) is 67.6 Å². The highest BCUT2D eigenvalue weighted by atomic mass is 35.5. The van der Waals surface area contributed by atoms with Crippen molar-refractivity contribution in [3.63, 3.8) is 0 Å². The Morgan fingerprint density at radius 1 is 1.22 bits per heavy atom. The zero-order valence-corrected chi connectivity index (χ0v) is 26.2. The van der Waals surface area contributed by atoms with Crippen LogP contribution in [0, 0.1) is 11.8 Å². The van der Waals surface area contributed by atoms with Crippen LogP contribution < -0.4 is 14.4 Å². The minimum Gasteiger partial charge on any atom is -0.485 e. The number of rotatable bonds is 10. The molecule has 1 saturated carbocycles. The van der Waals surface area contributed by atoms with Gasteiger partial charge in [0.15, 0.2) is 11.6 Å². The van der Waals surface area contributed by atoms with Crippen LogP contribution in [-0.4, -0.2) is 42.9 Å². The average molecular weight is 618 g/mol. The van der Waals surface area contributed by atoms with Crippen LogP contribution in [0.2, 0.25) is 5.02 Å². The monoisotopic (exact) mass is 617 g/mol. The highest BCUT2D eigenvalue weighted by Gasteiger charge is 2.34. The molecule has 0 saturated heterocycles. The summed E-state index contributed by atoms with van der Waals surface area (Å²) in [7, 11) is -3.91. The van der Waals surface area contributed by atoms with Gasteiger partial charge in [-0.25, -0.2) is 18.1 Å². The molecule has 1 aliphatic carbocycles. The second kappa shape index (κ2) is 14.1. The number of ether oxygens (including phenoxy) is 1. The molecule has 2 heterocycles. The molecule has 4 rings (SSSR count). The highest BCUT2D eigenvalue weighted by Crippen LogP contribution is 2.40. The van der Waals surface area contributed by atoms with E-state index in [9.17, 15) is 13.2 Å². The van der Waals surface area contributed by atoms with Gasteiger partial charge in [-0.3, -0.25) is 4.79 Å². The van der Waals surface area contributed by atoms with Gasteiger partial charge < -0.3 is 9.64 Å². The number of anilines is 1. The topological polar surface area (TPSA) is 88.6 Å². The number of pyridine rings is 1. The SMILES string of the molecule is C=CC[C@H](C)[C@@H](C)S(=O)(=O)NC(=O)c1ccc2c(n1)N(C[C@@H]1CC[C@H]1SC=C)CCCCc1cc(Cl)ccc1CO2. The number of fused-ring (bicyclic) bond motifs is 2. The summed E-state index contributed by atoms with van der Waals surface area (Å²) in [5.41, 5.74) is 2.27. The fraction of sp³-hybridized carbons (Fsp3) is 0.484. The number of allylic oxidation sites excluding steroid dienone is 1. The van der Waals surface area contributed by atoms with E-state index in [1.54, 1.807) is 30.8 Å². The smallest absolute Gasteiger partial charge is 0.283 e.